The highest BCUT2D eigenvalue weighted by molar-refractivity contribution is 7.92. The van der Waals surface area contributed by atoms with E-state index in [-0.39, 0.29) is 23.6 Å². The Labute approximate surface area is 184 Å². The van der Waals surface area contributed by atoms with Crippen LogP contribution in [0.4, 0.5) is 11.4 Å². The zero-order valence-electron chi connectivity index (χ0n) is 17.1. The molecule has 0 saturated carbocycles. The second-order valence-electron chi connectivity index (χ2n) is 7.03. The summed E-state index contributed by atoms with van der Waals surface area (Å²) >= 11 is 0. The van der Waals surface area contributed by atoms with Crippen molar-refractivity contribution in [3.05, 3.63) is 78.4 Å². The van der Waals surface area contributed by atoms with Gasteiger partial charge in [0, 0.05) is 24.2 Å². The van der Waals surface area contributed by atoms with Crippen molar-refractivity contribution >= 4 is 27.3 Å². The second-order valence-corrected chi connectivity index (χ2v) is 8.72. The van der Waals surface area contributed by atoms with Crippen molar-refractivity contribution < 1.29 is 22.2 Å². The number of furan rings is 1. The number of carbonyl (C=O) groups excluding carboxylic acids is 1. The van der Waals surface area contributed by atoms with E-state index in [1.54, 1.807) is 60.7 Å². The molecular formula is C22H20N4O5S. The maximum atomic E-state index is 12.5. The van der Waals surface area contributed by atoms with Gasteiger partial charge in [-0.1, -0.05) is 22.9 Å². The van der Waals surface area contributed by atoms with Crippen LogP contribution < -0.4 is 10.0 Å². The standard InChI is InChI=1S/C22H20N4O5S/c1-15-4-10-18(11-5-15)32(28,29)26-17-8-6-16(7-9-17)23-20(27)12-13-21-24-22(25-31-21)19-3-2-14-30-19/h2-11,14,26H,12-13H2,1H3,(H,23,27). The van der Waals surface area contributed by atoms with Crippen molar-refractivity contribution in [1.29, 1.82) is 0 Å². The Morgan fingerprint density at radius 3 is 2.41 bits per heavy atom. The first kappa shape index (κ1) is 21.3. The summed E-state index contributed by atoms with van der Waals surface area (Å²) in [6.45, 7) is 1.89. The van der Waals surface area contributed by atoms with Crippen LogP contribution in [0.5, 0.6) is 0 Å². The Kier molecular flexibility index (Phi) is 6.04. The van der Waals surface area contributed by atoms with Crippen LogP contribution in [0.2, 0.25) is 0 Å². The molecule has 0 saturated heterocycles. The summed E-state index contributed by atoms with van der Waals surface area (Å²) in [4.78, 5) is 16.6. The molecule has 164 valence electrons. The van der Waals surface area contributed by atoms with E-state index < -0.39 is 10.0 Å². The molecule has 0 bridgehead atoms. The number of amides is 1. The summed E-state index contributed by atoms with van der Waals surface area (Å²) in [7, 11) is -3.69. The van der Waals surface area contributed by atoms with Gasteiger partial charge in [0.25, 0.3) is 10.0 Å². The van der Waals surface area contributed by atoms with Crippen LogP contribution in [0.25, 0.3) is 11.6 Å². The molecule has 0 spiro atoms. The fraction of sp³-hybridized carbons (Fsp3) is 0.136. The number of nitrogens with zero attached hydrogens (tertiary/aromatic N) is 2. The molecule has 2 N–H and O–H groups in total. The third kappa shape index (κ3) is 5.22. The molecule has 0 unspecified atom stereocenters. The second kappa shape index (κ2) is 9.06. The maximum absolute atomic E-state index is 12.5. The smallest absolute Gasteiger partial charge is 0.261 e. The molecule has 0 fully saturated rings. The molecule has 9 nitrogen and oxygen atoms in total. The van der Waals surface area contributed by atoms with E-state index in [0.717, 1.165) is 5.56 Å². The Balaban J connectivity index is 1.30. The minimum absolute atomic E-state index is 0.140. The Morgan fingerprint density at radius 2 is 1.72 bits per heavy atom. The first-order valence-electron chi connectivity index (χ1n) is 9.75. The number of benzene rings is 2. The van der Waals surface area contributed by atoms with Gasteiger partial charge in [0.05, 0.1) is 11.2 Å². The molecule has 4 aromatic rings. The Hall–Kier alpha value is -3.92. The van der Waals surface area contributed by atoms with Crippen molar-refractivity contribution in [3.8, 4) is 11.6 Å². The quantitative estimate of drug-likeness (QED) is 0.413. The van der Waals surface area contributed by atoms with Crippen LogP contribution in [0.15, 0.2) is 80.8 Å². The lowest BCUT2D eigenvalue weighted by molar-refractivity contribution is -0.116. The summed E-state index contributed by atoms with van der Waals surface area (Å²) in [5.74, 6) is 0.903. The molecule has 2 aromatic heterocycles. The molecule has 0 atom stereocenters. The van der Waals surface area contributed by atoms with Crippen LogP contribution in [-0.4, -0.2) is 24.5 Å². The van der Waals surface area contributed by atoms with Gasteiger partial charge in [-0.15, -0.1) is 0 Å². The molecule has 2 heterocycles. The highest BCUT2D eigenvalue weighted by Gasteiger charge is 2.15. The number of carbonyl (C=O) groups is 1. The summed E-state index contributed by atoms with van der Waals surface area (Å²) in [6, 6.07) is 16.4. The summed E-state index contributed by atoms with van der Waals surface area (Å²) < 4.78 is 37.8. The average molecular weight is 452 g/mol. The Morgan fingerprint density at radius 1 is 1.00 bits per heavy atom. The van der Waals surface area contributed by atoms with Gasteiger partial charge in [-0.2, -0.15) is 4.98 Å². The van der Waals surface area contributed by atoms with E-state index in [2.05, 4.69) is 20.2 Å². The van der Waals surface area contributed by atoms with Gasteiger partial charge in [-0.05, 0) is 55.5 Å². The number of rotatable bonds is 8. The fourth-order valence-electron chi connectivity index (χ4n) is 2.86. The SMILES string of the molecule is Cc1ccc(S(=O)(=O)Nc2ccc(NC(=O)CCc3nc(-c4ccco4)no3)cc2)cc1. The van der Waals surface area contributed by atoms with Crippen molar-refractivity contribution in [3.63, 3.8) is 0 Å². The summed E-state index contributed by atoms with van der Waals surface area (Å²) in [5.41, 5.74) is 1.90. The van der Waals surface area contributed by atoms with Crippen LogP contribution in [-0.2, 0) is 21.2 Å². The summed E-state index contributed by atoms with van der Waals surface area (Å²) in [5, 5.41) is 6.57. The summed E-state index contributed by atoms with van der Waals surface area (Å²) in [6.07, 6.45) is 1.92. The molecule has 0 radical (unpaired) electrons. The molecule has 0 aliphatic rings. The number of hydrogen-bond donors (Lipinski definition) is 2. The molecule has 32 heavy (non-hydrogen) atoms. The van der Waals surface area contributed by atoms with E-state index in [9.17, 15) is 13.2 Å². The highest BCUT2D eigenvalue weighted by atomic mass is 32.2. The van der Waals surface area contributed by atoms with Crippen molar-refractivity contribution in [2.45, 2.75) is 24.7 Å². The lowest BCUT2D eigenvalue weighted by Crippen LogP contribution is -2.14. The van der Waals surface area contributed by atoms with Crippen molar-refractivity contribution in [1.82, 2.24) is 10.1 Å². The van der Waals surface area contributed by atoms with Gasteiger partial charge in [0.15, 0.2) is 5.76 Å². The highest BCUT2D eigenvalue weighted by Crippen LogP contribution is 2.20. The molecule has 4 rings (SSSR count). The zero-order valence-corrected chi connectivity index (χ0v) is 17.9. The van der Waals surface area contributed by atoms with Gasteiger partial charge in [-0.25, -0.2) is 8.42 Å². The molecular weight excluding hydrogens is 432 g/mol. The third-order valence-corrected chi connectivity index (χ3v) is 5.92. The number of hydrogen-bond acceptors (Lipinski definition) is 7. The van der Waals surface area contributed by atoms with Gasteiger partial charge in [-0.3, -0.25) is 9.52 Å². The van der Waals surface area contributed by atoms with Gasteiger partial charge < -0.3 is 14.3 Å². The lowest BCUT2D eigenvalue weighted by Gasteiger charge is -2.10. The van der Waals surface area contributed by atoms with Gasteiger partial charge in [0.2, 0.25) is 17.6 Å². The van der Waals surface area contributed by atoms with E-state index >= 15 is 0 Å². The number of aryl methyl sites for hydroxylation is 2. The molecule has 10 heteroatoms. The van der Waals surface area contributed by atoms with Gasteiger partial charge >= 0.3 is 0 Å². The largest absolute Gasteiger partial charge is 0.461 e. The van der Waals surface area contributed by atoms with Crippen LogP contribution >= 0.6 is 0 Å². The topological polar surface area (TPSA) is 127 Å². The Bertz CT molecular complexity index is 1300. The van der Waals surface area contributed by atoms with Crippen molar-refractivity contribution in [2.75, 3.05) is 10.0 Å². The minimum Gasteiger partial charge on any atom is -0.461 e. The first-order chi connectivity index (χ1) is 15.4. The van der Waals surface area contributed by atoms with E-state index in [4.69, 9.17) is 8.94 Å². The number of sulfonamides is 1. The molecule has 2 aromatic carbocycles. The predicted molar refractivity (Wildman–Crippen MR) is 117 cm³/mol. The lowest BCUT2D eigenvalue weighted by atomic mass is 10.2. The molecule has 0 aliphatic heterocycles. The zero-order chi connectivity index (χ0) is 22.6. The van der Waals surface area contributed by atoms with E-state index in [1.807, 2.05) is 6.92 Å². The van der Waals surface area contributed by atoms with Crippen LogP contribution in [0.1, 0.15) is 17.9 Å². The normalized spacial score (nSPS) is 11.3. The van der Waals surface area contributed by atoms with Crippen LogP contribution in [0, 0.1) is 6.92 Å². The molecule has 0 aliphatic carbocycles. The minimum atomic E-state index is -3.69. The maximum Gasteiger partial charge on any atom is 0.261 e. The van der Waals surface area contributed by atoms with Gasteiger partial charge in [0.1, 0.15) is 0 Å². The number of aromatic nitrogens is 2. The van der Waals surface area contributed by atoms with E-state index in [0.29, 0.717) is 28.9 Å². The third-order valence-electron chi connectivity index (χ3n) is 4.53. The van der Waals surface area contributed by atoms with E-state index in [1.165, 1.54) is 6.26 Å². The monoisotopic (exact) mass is 452 g/mol. The number of nitrogens with one attached hydrogen (secondary N) is 2. The predicted octanol–water partition coefficient (Wildman–Crippen LogP) is 4.01. The fourth-order valence-corrected chi connectivity index (χ4v) is 3.92. The average Bonchev–Trinajstić information content (AvgIpc) is 3.46. The molecule has 1 amide bonds. The number of anilines is 2. The van der Waals surface area contributed by atoms with Crippen molar-refractivity contribution in [2.24, 2.45) is 0 Å². The van der Waals surface area contributed by atoms with Crippen LogP contribution in [0.3, 0.4) is 0 Å². The first-order valence-corrected chi connectivity index (χ1v) is 11.2.